The van der Waals surface area contributed by atoms with E-state index in [1.54, 1.807) is 0 Å². The van der Waals surface area contributed by atoms with Crippen LogP contribution in [0.5, 0.6) is 0 Å². The summed E-state index contributed by atoms with van der Waals surface area (Å²) in [4.78, 5) is 23.0. The summed E-state index contributed by atoms with van der Waals surface area (Å²) in [5.74, 6) is 0.972. The molecule has 0 heterocycles. The van der Waals surface area contributed by atoms with Crippen molar-refractivity contribution >= 4 is 11.9 Å². The Morgan fingerprint density at radius 3 is 2.05 bits per heavy atom. The highest BCUT2D eigenvalue weighted by atomic mass is 16.4. The van der Waals surface area contributed by atoms with Crippen molar-refractivity contribution in [1.29, 1.82) is 0 Å². The maximum Gasteiger partial charge on any atom is 0.337 e. The van der Waals surface area contributed by atoms with Gasteiger partial charge in [-0.3, -0.25) is 4.79 Å². The van der Waals surface area contributed by atoms with Crippen molar-refractivity contribution in [3.05, 3.63) is 0 Å². The van der Waals surface area contributed by atoms with Crippen molar-refractivity contribution in [2.75, 3.05) is 6.54 Å². The van der Waals surface area contributed by atoms with Gasteiger partial charge in [0.15, 0.2) is 5.60 Å². The molecule has 0 aliphatic heterocycles. The third-order valence-corrected chi connectivity index (χ3v) is 5.79. The molecule has 0 radical (unpaired) electrons. The minimum atomic E-state index is -1.89. The SMILES string of the molecule is CC(O)(CNC(=O)CC12CC3CC(CC(C3)C1)C2)C(=O)O. The Labute approximate surface area is 125 Å². The lowest BCUT2D eigenvalue weighted by atomic mass is 9.49. The van der Waals surface area contributed by atoms with Gasteiger partial charge in [-0.1, -0.05) is 0 Å². The van der Waals surface area contributed by atoms with Crippen LogP contribution in [-0.4, -0.2) is 34.2 Å². The van der Waals surface area contributed by atoms with E-state index in [0.29, 0.717) is 6.42 Å². The molecule has 4 aliphatic rings. The lowest BCUT2D eigenvalue weighted by molar-refractivity contribution is -0.156. The van der Waals surface area contributed by atoms with Gasteiger partial charge in [-0.15, -0.1) is 0 Å². The molecule has 4 aliphatic carbocycles. The molecule has 4 fully saturated rings. The number of nitrogens with one attached hydrogen (secondary N) is 1. The molecule has 21 heavy (non-hydrogen) atoms. The fraction of sp³-hybridized carbons (Fsp3) is 0.875. The fourth-order valence-corrected chi connectivity index (χ4v) is 5.26. The topological polar surface area (TPSA) is 86.6 Å². The van der Waals surface area contributed by atoms with Crippen LogP contribution >= 0.6 is 0 Å². The predicted octanol–water partition coefficient (Wildman–Crippen LogP) is 1.54. The number of hydrogen-bond acceptors (Lipinski definition) is 3. The Kier molecular flexibility index (Phi) is 3.51. The third kappa shape index (κ3) is 2.93. The van der Waals surface area contributed by atoms with E-state index in [0.717, 1.165) is 37.0 Å². The number of carbonyl (C=O) groups is 2. The fourth-order valence-electron chi connectivity index (χ4n) is 5.26. The quantitative estimate of drug-likeness (QED) is 0.718. The molecule has 3 N–H and O–H groups in total. The summed E-state index contributed by atoms with van der Waals surface area (Å²) in [7, 11) is 0. The maximum atomic E-state index is 12.2. The summed E-state index contributed by atoms with van der Waals surface area (Å²) < 4.78 is 0. The molecule has 0 aromatic rings. The van der Waals surface area contributed by atoms with Crippen LogP contribution in [0.3, 0.4) is 0 Å². The maximum absolute atomic E-state index is 12.2. The molecular weight excluding hydrogens is 270 g/mol. The van der Waals surface area contributed by atoms with E-state index in [-0.39, 0.29) is 17.9 Å². The van der Waals surface area contributed by atoms with Crippen LogP contribution in [0.4, 0.5) is 0 Å². The molecule has 118 valence electrons. The monoisotopic (exact) mass is 295 g/mol. The van der Waals surface area contributed by atoms with E-state index in [4.69, 9.17) is 5.11 Å². The number of amides is 1. The predicted molar refractivity (Wildman–Crippen MR) is 76.5 cm³/mol. The number of carboxylic acid groups (broad SMARTS) is 1. The Morgan fingerprint density at radius 2 is 1.62 bits per heavy atom. The minimum absolute atomic E-state index is 0.113. The van der Waals surface area contributed by atoms with Crippen molar-refractivity contribution < 1.29 is 19.8 Å². The molecule has 5 nitrogen and oxygen atoms in total. The van der Waals surface area contributed by atoms with E-state index in [1.165, 1.54) is 26.2 Å². The van der Waals surface area contributed by atoms with Gasteiger partial charge in [0.05, 0.1) is 6.54 Å². The molecule has 0 spiro atoms. The Morgan fingerprint density at radius 1 is 1.14 bits per heavy atom. The van der Waals surface area contributed by atoms with Crippen LogP contribution in [0.15, 0.2) is 0 Å². The third-order valence-electron chi connectivity index (χ3n) is 5.79. The standard InChI is InChI=1S/C16H25NO4/c1-15(21,14(19)20)9-17-13(18)8-16-5-10-2-11(6-16)4-12(3-10)7-16/h10-12,21H,2-9H2,1H3,(H,17,18)(H,19,20). The van der Waals surface area contributed by atoms with Crippen molar-refractivity contribution in [2.24, 2.45) is 23.2 Å². The average Bonchev–Trinajstić information content (AvgIpc) is 2.34. The normalized spacial score (nSPS) is 39.8. The highest BCUT2D eigenvalue weighted by molar-refractivity contribution is 5.80. The first-order chi connectivity index (χ1) is 9.78. The lowest BCUT2D eigenvalue weighted by Gasteiger charge is -2.56. The number of carbonyl (C=O) groups excluding carboxylic acids is 1. The number of hydrogen-bond donors (Lipinski definition) is 3. The van der Waals surface area contributed by atoms with Crippen LogP contribution in [0, 0.1) is 23.2 Å². The van der Waals surface area contributed by atoms with Crippen molar-refractivity contribution in [2.45, 2.75) is 57.5 Å². The number of rotatable bonds is 5. The molecule has 1 atom stereocenters. The smallest absolute Gasteiger partial charge is 0.337 e. The molecule has 0 saturated heterocycles. The first kappa shape index (κ1) is 14.8. The molecule has 0 aromatic carbocycles. The average molecular weight is 295 g/mol. The van der Waals surface area contributed by atoms with Crippen molar-refractivity contribution in [3.63, 3.8) is 0 Å². The second kappa shape index (κ2) is 4.97. The molecule has 4 saturated carbocycles. The number of aliphatic hydroxyl groups is 1. The first-order valence-corrected chi connectivity index (χ1v) is 8.00. The second-order valence-corrected chi connectivity index (χ2v) is 7.95. The van der Waals surface area contributed by atoms with Crippen molar-refractivity contribution in [1.82, 2.24) is 5.32 Å². The number of carboxylic acids is 1. The molecule has 1 amide bonds. The van der Waals surface area contributed by atoms with Crippen LogP contribution in [0.1, 0.15) is 51.9 Å². The van der Waals surface area contributed by atoms with Crippen LogP contribution in [0.25, 0.3) is 0 Å². The molecular formula is C16H25NO4. The Balaban J connectivity index is 1.57. The molecule has 4 bridgehead atoms. The van der Waals surface area contributed by atoms with E-state index in [9.17, 15) is 14.7 Å². The summed E-state index contributed by atoms with van der Waals surface area (Å²) in [5, 5.41) is 21.1. The molecule has 5 heteroatoms. The summed E-state index contributed by atoms with van der Waals surface area (Å²) in [5.41, 5.74) is -1.74. The molecule has 1 unspecified atom stereocenters. The van der Waals surface area contributed by atoms with Gasteiger partial charge >= 0.3 is 5.97 Å². The van der Waals surface area contributed by atoms with E-state index < -0.39 is 11.6 Å². The summed E-state index contributed by atoms with van der Waals surface area (Å²) in [6.45, 7) is 0.980. The van der Waals surface area contributed by atoms with Crippen LogP contribution in [-0.2, 0) is 9.59 Å². The Hall–Kier alpha value is -1.10. The van der Waals surface area contributed by atoms with Gasteiger partial charge in [0.1, 0.15) is 0 Å². The molecule has 4 rings (SSSR count). The minimum Gasteiger partial charge on any atom is -0.479 e. The van der Waals surface area contributed by atoms with Crippen molar-refractivity contribution in [3.8, 4) is 0 Å². The zero-order valence-electron chi connectivity index (χ0n) is 12.6. The van der Waals surface area contributed by atoms with Crippen LogP contribution in [0.2, 0.25) is 0 Å². The van der Waals surface area contributed by atoms with Gasteiger partial charge in [-0.25, -0.2) is 4.79 Å². The lowest BCUT2D eigenvalue weighted by Crippen LogP contribution is -2.50. The van der Waals surface area contributed by atoms with E-state index >= 15 is 0 Å². The zero-order valence-corrected chi connectivity index (χ0v) is 12.6. The summed E-state index contributed by atoms with van der Waals surface area (Å²) >= 11 is 0. The molecule has 0 aromatic heterocycles. The van der Waals surface area contributed by atoms with Gasteiger partial charge in [0, 0.05) is 6.42 Å². The highest BCUT2D eigenvalue weighted by Gasteiger charge is 2.51. The zero-order chi connectivity index (χ0) is 15.3. The summed E-state index contributed by atoms with van der Waals surface area (Å²) in [6, 6.07) is 0. The van der Waals surface area contributed by atoms with Gasteiger partial charge in [0.25, 0.3) is 0 Å². The highest BCUT2D eigenvalue weighted by Crippen LogP contribution is 2.61. The first-order valence-electron chi connectivity index (χ1n) is 8.00. The summed E-state index contributed by atoms with van der Waals surface area (Å²) in [6.07, 6.45) is 7.98. The number of aliphatic carboxylic acids is 1. The van der Waals surface area contributed by atoms with Crippen LogP contribution < -0.4 is 5.32 Å². The van der Waals surface area contributed by atoms with E-state index in [1.807, 2.05) is 0 Å². The van der Waals surface area contributed by atoms with Gasteiger partial charge < -0.3 is 15.5 Å². The van der Waals surface area contributed by atoms with E-state index in [2.05, 4.69) is 5.32 Å². The second-order valence-electron chi connectivity index (χ2n) is 7.95. The van der Waals surface area contributed by atoms with Gasteiger partial charge in [-0.05, 0) is 68.6 Å². The largest absolute Gasteiger partial charge is 0.479 e. The van der Waals surface area contributed by atoms with Gasteiger partial charge in [0.2, 0.25) is 5.91 Å². The Bertz CT molecular complexity index is 422. The van der Waals surface area contributed by atoms with Gasteiger partial charge in [-0.2, -0.15) is 0 Å².